The van der Waals surface area contributed by atoms with Gasteiger partial charge in [-0.1, -0.05) is 30.7 Å². The molecule has 0 atom stereocenters. The normalized spacial score (nSPS) is 13.7. The molecular weight excluding hydrogens is 372 g/mol. The van der Waals surface area contributed by atoms with E-state index >= 15 is 0 Å². The summed E-state index contributed by atoms with van der Waals surface area (Å²) in [6.45, 7) is 5.51. The molecule has 0 unspecified atom stereocenters. The number of fused-ring (bicyclic) bond motifs is 1. The molecule has 0 heterocycles. The highest BCUT2D eigenvalue weighted by Gasteiger charge is 2.20. The lowest BCUT2D eigenvalue weighted by molar-refractivity contribution is 0.261. The molecule has 30 heavy (non-hydrogen) atoms. The highest BCUT2D eigenvalue weighted by molar-refractivity contribution is 5.85. The van der Waals surface area contributed by atoms with Gasteiger partial charge < -0.3 is 19.3 Å². The Morgan fingerprint density at radius 3 is 1.97 bits per heavy atom. The molecule has 0 N–H and O–H groups in total. The summed E-state index contributed by atoms with van der Waals surface area (Å²) in [6.07, 6.45) is 3.27. The first-order chi connectivity index (χ1) is 14.5. The van der Waals surface area contributed by atoms with Crippen LogP contribution in [-0.2, 0) is 6.42 Å². The molecule has 162 valence electrons. The molecule has 0 aliphatic heterocycles. The van der Waals surface area contributed by atoms with E-state index in [4.69, 9.17) is 9.47 Å². The van der Waals surface area contributed by atoms with E-state index in [1.54, 1.807) is 0 Å². The maximum Gasteiger partial charge on any atom is 0.119 e. The summed E-state index contributed by atoms with van der Waals surface area (Å²) in [5, 5.41) is 0. The van der Waals surface area contributed by atoms with Crippen molar-refractivity contribution in [2.24, 2.45) is 0 Å². The smallest absolute Gasteiger partial charge is 0.119 e. The van der Waals surface area contributed by atoms with Gasteiger partial charge in [-0.05, 0) is 94.0 Å². The van der Waals surface area contributed by atoms with Gasteiger partial charge in [-0.3, -0.25) is 0 Å². The van der Waals surface area contributed by atoms with Crippen LogP contribution < -0.4 is 9.47 Å². The summed E-state index contributed by atoms with van der Waals surface area (Å²) in [4.78, 5) is 4.27. The molecule has 0 saturated heterocycles. The van der Waals surface area contributed by atoms with Crippen molar-refractivity contribution in [3.63, 3.8) is 0 Å². The van der Waals surface area contributed by atoms with Gasteiger partial charge in [-0.25, -0.2) is 0 Å². The SMILES string of the molecule is CCC1=C(c2ccc(OCCN(C)C)cc2)c2ccc(OCCN(C)C)cc2CC1. The topological polar surface area (TPSA) is 24.9 Å². The van der Waals surface area contributed by atoms with E-state index in [1.165, 1.54) is 27.8 Å². The van der Waals surface area contributed by atoms with Crippen LogP contribution >= 0.6 is 0 Å². The van der Waals surface area contributed by atoms with Gasteiger partial charge in [0.1, 0.15) is 24.7 Å². The molecular formula is C26H36N2O2. The Balaban J connectivity index is 1.79. The molecule has 0 amide bonds. The fourth-order valence-electron chi connectivity index (χ4n) is 3.83. The molecule has 1 aliphatic rings. The lowest BCUT2D eigenvalue weighted by atomic mass is 9.81. The Morgan fingerprint density at radius 1 is 0.767 bits per heavy atom. The molecule has 3 rings (SSSR count). The van der Waals surface area contributed by atoms with Crippen molar-refractivity contribution >= 4 is 5.57 Å². The van der Waals surface area contributed by atoms with Crippen molar-refractivity contribution in [1.29, 1.82) is 0 Å². The van der Waals surface area contributed by atoms with E-state index in [-0.39, 0.29) is 0 Å². The summed E-state index contributed by atoms with van der Waals surface area (Å²) in [5.41, 5.74) is 6.92. The quantitative estimate of drug-likeness (QED) is 0.568. The third-order valence-corrected chi connectivity index (χ3v) is 5.58. The minimum atomic E-state index is 0.703. The van der Waals surface area contributed by atoms with E-state index in [0.717, 1.165) is 43.9 Å². The number of allylic oxidation sites excluding steroid dienone is 1. The fraction of sp³-hybridized carbons (Fsp3) is 0.462. The molecule has 0 spiro atoms. The maximum absolute atomic E-state index is 5.97. The Morgan fingerprint density at radius 2 is 1.37 bits per heavy atom. The maximum atomic E-state index is 5.97. The molecule has 0 fully saturated rings. The predicted molar refractivity (Wildman–Crippen MR) is 126 cm³/mol. The third kappa shape index (κ3) is 5.87. The first-order valence-corrected chi connectivity index (χ1v) is 11.0. The van der Waals surface area contributed by atoms with Crippen LogP contribution in [0.5, 0.6) is 11.5 Å². The zero-order chi connectivity index (χ0) is 21.5. The van der Waals surface area contributed by atoms with Crippen molar-refractivity contribution in [1.82, 2.24) is 9.80 Å². The van der Waals surface area contributed by atoms with Gasteiger partial charge in [0.15, 0.2) is 0 Å². The number of ether oxygens (including phenoxy) is 2. The van der Waals surface area contributed by atoms with E-state index in [9.17, 15) is 0 Å². The number of nitrogens with zero attached hydrogens (tertiary/aromatic N) is 2. The molecule has 2 aromatic rings. The second kappa shape index (κ2) is 10.6. The number of likely N-dealkylation sites (N-methyl/N-ethyl adjacent to an activating group) is 2. The predicted octanol–water partition coefficient (Wildman–Crippen LogP) is 4.73. The van der Waals surface area contributed by atoms with Crippen molar-refractivity contribution in [3.8, 4) is 11.5 Å². The van der Waals surface area contributed by atoms with Crippen molar-refractivity contribution in [2.75, 3.05) is 54.5 Å². The summed E-state index contributed by atoms with van der Waals surface area (Å²) < 4.78 is 11.8. The van der Waals surface area contributed by atoms with E-state index in [0.29, 0.717) is 13.2 Å². The Labute approximate surface area is 182 Å². The lowest BCUT2D eigenvalue weighted by Gasteiger charge is -2.24. The van der Waals surface area contributed by atoms with Gasteiger partial charge in [-0.15, -0.1) is 0 Å². The van der Waals surface area contributed by atoms with Crippen LogP contribution in [0.4, 0.5) is 0 Å². The number of rotatable bonds is 10. The largest absolute Gasteiger partial charge is 0.492 e. The highest BCUT2D eigenvalue weighted by Crippen LogP contribution is 2.39. The van der Waals surface area contributed by atoms with Gasteiger partial charge in [0.2, 0.25) is 0 Å². The molecule has 0 aromatic heterocycles. The summed E-state index contributed by atoms with van der Waals surface area (Å²) in [5.74, 6) is 1.90. The van der Waals surface area contributed by atoms with E-state index in [1.807, 2.05) is 0 Å². The summed E-state index contributed by atoms with van der Waals surface area (Å²) in [7, 11) is 8.26. The van der Waals surface area contributed by atoms with Crippen molar-refractivity contribution in [2.45, 2.75) is 26.2 Å². The Kier molecular flexibility index (Phi) is 7.94. The number of benzene rings is 2. The molecule has 1 aliphatic carbocycles. The van der Waals surface area contributed by atoms with E-state index in [2.05, 4.69) is 87.4 Å². The third-order valence-electron chi connectivity index (χ3n) is 5.58. The van der Waals surface area contributed by atoms with Crippen LogP contribution in [0.25, 0.3) is 5.57 Å². The Bertz CT molecular complexity index is 854. The minimum absolute atomic E-state index is 0.703. The highest BCUT2D eigenvalue weighted by atomic mass is 16.5. The standard InChI is InChI=1S/C26H36N2O2/c1-6-20-7-8-22-19-24(30-18-16-28(4)5)13-14-25(22)26(20)21-9-11-23(12-10-21)29-17-15-27(2)3/h9-14,19H,6-8,15-18H2,1-5H3. The van der Waals surface area contributed by atoms with Gasteiger partial charge in [-0.2, -0.15) is 0 Å². The average Bonchev–Trinajstić information content (AvgIpc) is 2.73. The molecule has 0 bridgehead atoms. The van der Waals surface area contributed by atoms with Gasteiger partial charge in [0.25, 0.3) is 0 Å². The number of hydrogen-bond donors (Lipinski definition) is 0. The van der Waals surface area contributed by atoms with Crippen LogP contribution in [0.3, 0.4) is 0 Å². The minimum Gasteiger partial charge on any atom is -0.492 e. The average molecular weight is 409 g/mol. The van der Waals surface area contributed by atoms with Gasteiger partial charge in [0, 0.05) is 13.1 Å². The van der Waals surface area contributed by atoms with E-state index < -0.39 is 0 Å². The number of aryl methyl sites for hydroxylation is 1. The first kappa shape index (κ1) is 22.4. The zero-order valence-electron chi connectivity index (χ0n) is 19.2. The Hall–Kier alpha value is -2.30. The zero-order valence-corrected chi connectivity index (χ0v) is 19.2. The summed E-state index contributed by atoms with van der Waals surface area (Å²) >= 11 is 0. The molecule has 4 heteroatoms. The van der Waals surface area contributed by atoms with Crippen LogP contribution in [0.15, 0.2) is 48.0 Å². The van der Waals surface area contributed by atoms with Gasteiger partial charge in [0.05, 0.1) is 0 Å². The molecule has 2 aromatic carbocycles. The van der Waals surface area contributed by atoms with Crippen LogP contribution in [0.1, 0.15) is 36.5 Å². The van der Waals surface area contributed by atoms with Gasteiger partial charge >= 0.3 is 0 Å². The monoisotopic (exact) mass is 408 g/mol. The molecule has 0 saturated carbocycles. The second-order valence-corrected chi connectivity index (χ2v) is 8.48. The second-order valence-electron chi connectivity index (χ2n) is 8.48. The van der Waals surface area contributed by atoms with Crippen LogP contribution in [0.2, 0.25) is 0 Å². The lowest BCUT2D eigenvalue weighted by Crippen LogP contribution is -2.19. The fourth-order valence-corrected chi connectivity index (χ4v) is 3.83. The van der Waals surface area contributed by atoms with Crippen LogP contribution in [-0.4, -0.2) is 64.3 Å². The van der Waals surface area contributed by atoms with Crippen LogP contribution in [0, 0.1) is 0 Å². The first-order valence-electron chi connectivity index (χ1n) is 11.0. The van der Waals surface area contributed by atoms with Crippen molar-refractivity contribution in [3.05, 3.63) is 64.7 Å². The van der Waals surface area contributed by atoms with Crippen molar-refractivity contribution < 1.29 is 9.47 Å². The molecule has 4 nitrogen and oxygen atoms in total. The molecule has 0 radical (unpaired) electrons. The number of hydrogen-bond acceptors (Lipinski definition) is 4. The summed E-state index contributed by atoms with van der Waals surface area (Å²) in [6, 6.07) is 15.2.